The highest BCUT2D eigenvalue weighted by Crippen LogP contribution is 2.23. The summed E-state index contributed by atoms with van der Waals surface area (Å²) < 4.78 is 11.2. The van der Waals surface area contributed by atoms with E-state index in [9.17, 15) is 30.3 Å². The Hall–Kier alpha value is -2.11. The van der Waals surface area contributed by atoms with Crippen molar-refractivity contribution in [1.82, 2.24) is 5.32 Å². The number of carbonyl (C=O) groups is 1. The van der Waals surface area contributed by atoms with Crippen LogP contribution < -0.4 is 5.32 Å². The maximum atomic E-state index is 13.0. The standard InChI is InChI=1S/C54H97NO8/c1-3-5-7-9-11-13-15-17-19-21-23-24-26-27-29-31-33-35-37-39-41-43-48(57)47(46-62-54-53(61)52(60)51(59)49(45-56)63-54)55-50(58)44-42-40-38-36-34-32-30-28-25-22-20-18-16-14-12-10-8-6-4-2/h12,14,18,20,25,28,33,35,41,43,47-49,51-54,56-57,59-61H,3-11,13,15-17,19,21-24,26-27,29-32,34,36-40,42,44-46H2,1-2H3,(H,55,58)/b14-12-,20-18-,28-25-,35-33+,43-41+. The monoisotopic (exact) mass is 888 g/mol. The van der Waals surface area contributed by atoms with Gasteiger partial charge in [0.1, 0.15) is 24.4 Å². The largest absolute Gasteiger partial charge is 0.394 e. The third-order valence-electron chi connectivity index (χ3n) is 12.1. The summed E-state index contributed by atoms with van der Waals surface area (Å²) in [6.07, 6.45) is 51.2. The van der Waals surface area contributed by atoms with Gasteiger partial charge < -0.3 is 40.3 Å². The van der Waals surface area contributed by atoms with Gasteiger partial charge in [-0.25, -0.2) is 0 Å². The molecule has 0 saturated carbocycles. The molecule has 1 rings (SSSR count). The number of nitrogens with one attached hydrogen (secondary N) is 1. The summed E-state index contributed by atoms with van der Waals surface area (Å²) in [4.78, 5) is 13.0. The molecule has 1 saturated heterocycles. The molecule has 7 atom stereocenters. The van der Waals surface area contributed by atoms with E-state index in [2.05, 4.69) is 67.8 Å². The number of allylic oxidation sites excluding steroid dienone is 9. The molecule has 366 valence electrons. The Balaban J connectivity index is 2.34. The van der Waals surface area contributed by atoms with Gasteiger partial charge in [-0.3, -0.25) is 4.79 Å². The van der Waals surface area contributed by atoms with Crippen LogP contribution in [-0.2, 0) is 14.3 Å². The summed E-state index contributed by atoms with van der Waals surface area (Å²) in [7, 11) is 0. The maximum absolute atomic E-state index is 13.0. The molecular weight excluding hydrogens is 791 g/mol. The van der Waals surface area contributed by atoms with E-state index in [-0.39, 0.29) is 12.5 Å². The lowest BCUT2D eigenvalue weighted by Crippen LogP contribution is -2.60. The number of carbonyl (C=O) groups excluding carboxylic acids is 1. The fraction of sp³-hybridized carbons (Fsp3) is 0.796. The van der Waals surface area contributed by atoms with Crippen molar-refractivity contribution >= 4 is 5.91 Å². The zero-order valence-corrected chi connectivity index (χ0v) is 40.3. The van der Waals surface area contributed by atoms with Crippen LogP contribution in [0.4, 0.5) is 0 Å². The molecule has 6 N–H and O–H groups in total. The van der Waals surface area contributed by atoms with E-state index in [1.807, 2.05) is 6.08 Å². The molecular formula is C54H97NO8. The molecule has 9 heteroatoms. The van der Waals surface area contributed by atoms with Gasteiger partial charge >= 0.3 is 0 Å². The minimum absolute atomic E-state index is 0.200. The predicted octanol–water partition coefficient (Wildman–Crippen LogP) is 12.0. The minimum atomic E-state index is -1.58. The molecule has 1 fully saturated rings. The van der Waals surface area contributed by atoms with Crippen molar-refractivity contribution in [2.45, 2.75) is 262 Å². The van der Waals surface area contributed by atoms with Crippen LogP contribution in [0.5, 0.6) is 0 Å². The van der Waals surface area contributed by atoms with Crippen LogP contribution in [0, 0.1) is 0 Å². The molecule has 0 aliphatic carbocycles. The summed E-state index contributed by atoms with van der Waals surface area (Å²) in [5, 5.41) is 54.3. The SMILES string of the molecule is CCCCC/C=C\C/C=C\C/C=C\CCCCCCCCC(=O)NC(COC1OC(CO)C(O)C(O)C1O)C(O)/C=C/CC/C=C/CCCCCCCCCCCCCCCCC. The number of ether oxygens (including phenoxy) is 2. The molecule has 0 spiro atoms. The summed E-state index contributed by atoms with van der Waals surface area (Å²) in [5.41, 5.74) is 0. The van der Waals surface area contributed by atoms with E-state index in [0.29, 0.717) is 6.42 Å². The highest BCUT2D eigenvalue weighted by molar-refractivity contribution is 5.76. The average molecular weight is 888 g/mol. The highest BCUT2D eigenvalue weighted by atomic mass is 16.7. The second kappa shape index (κ2) is 43.8. The number of aliphatic hydroxyl groups excluding tert-OH is 5. The molecule has 63 heavy (non-hydrogen) atoms. The van der Waals surface area contributed by atoms with Gasteiger partial charge in [0.05, 0.1) is 25.4 Å². The Morgan fingerprint density at radius 3 is 1.48 bits per heavy atom. The Labute approximate surface area is 386 Å². The number of hydrogen-bond acceptors (Lipinski definition) is 8. The molecule has 1 amide bonds. The van der Waals surface area contributed by atoms with Gasteiger partial charge in [-0.05, 0) is 70.6 Å². The molecule has 1 aliphatic rings. The van der Waals surface area contributed by atoms with Crippen molar-refractivity contribution in [3.63, 3.8) is 0 Å². The molecule has 0 aromatic carbocycles. The summed E-state index contributed by atoms with van der Waals surface area (Å²) in [5.74, 6) is -0.200. The second-order valence-electron chi connectivity index (χ2n) is 18.0. The van der Waals surface area contributed by atoms with Crippen LogP contribution in [0.25, 0.3) is 0 Å². The van der Waals surface area contributed by atoms with Gasteiger partial charge in [0, 0.05) is 6.42 Å². The van der Waals surface area contributed by atoms with Crippen molar-refractivity contribution in [2.24, 2.45) is 0 Å². The Morgan fingerprint density at radius 1 is 0.540 bits per heavy atom. The predicted molar refractivity (Wildman–Crippen MR) is 262 cm³/mol. The third kappa shape index (κ3) is 33.9. The number of unbranched alkanes of at least 4 members (excludes halogenated alkanes) is 25. The molecule has 1 heterocycles. The third-order valence-corrected chi connectivity index (χ3v) is 12.1. The van der Waals surface area contributed by atoms with Gasteiger partial charge in [0.15, 0.2) is 6.29 Å². The number of rotatable bonds is 43. The summed E-state index contributed by atoms with van der Waals surface area (Å²) >= 11 is 0. The zero-order valence-electron chi connectivity index (χ0n) is 40.3. The molecule has 0 radical (unpaired) electrons. The molecule has 1 aliphatic heterocycles. The van der Waals surface area contributed by atoms with Crippen LogP contribution in [0.3, 0.4) is 0 Å². The van der Waals surface area contributed by atoms with Gasteiger partial charge in [-0.15, -0.1) is 0 Å². The lowest BCUT2D eigenvalue weighted by atomic mass is 9.99. The van der Waals surface area contributed by atoms with Crippen molar-refractivity contribution in [1.29, 1.82) is 0 Å². The van der Waals surface area contributed by atoms with E-state index >= 15 is 0 Å². The lowest BCUT2D eigenvalue weighted by molar-refractivity contribution is -0.302. The van der Waals surface area contributed by atoms with E-state index < -0.39 is 49.5 Å². The quantitative estimate of drug-likeness (QED) is 0.0262. The Morgan fingerprint density at radius 2 is 0.952 bits per heavy atom. The van der Waals surface area contributed by atoms with Gasteiger partial charge in [0.2, 0.25) is 5.91 Å². The van der Waals surface area contributed by atoms with Gasteiger partial charge in [0.25, 0.3) is 0 Å². The smallest absolute Gasteiger partial charge is 0.220 e. The first-order valence-electron chi connectivity index (χ1n) is 26.0. The molecule has 7 unspecified atom stereocenters. The van der Waals surface area contributed by atoms with E-state index in [1.165, 1.54) is 135 Å². The van der Waals surface area contributed by atoms with Crippen molar-refractivity contribution in [3.05, 3.63) is 60.8 Å². The number of hydrogen-bond donors (Lipinski definition) is 6. The zero-order chi connectivity index (χ0) is 45.9. The molecule has 0 aromatic heterocycles. The van der Waals surface area contributed by atoms with Crippen LogP contribution in [0.2, 0.25) is 0 Å². The first-order valence-corrected chi connectivity index (χ1v) is 26.0. The number of amides is 1. The molecule has 9 nitrogen and oxygen atoms in total. The van der Waals surface area contributed by atoms with Gasteiger partial charge in [-0.1, -0.05) is 203 Å². The van der Waals surface area contributed by atoms with Crippen molar-refractivity contribution in [3.8, 4) is 0 Å². The van der Waals surface area contributed by atoms with Crippen molar-refractivity contribution in [2.75, 3.05) is 13.2 Å². The summed E-state index contributed by atoms with van der Waals surface area (Å²) in [6, 6.07) is -0.831. The topological polar surface area (TPSA) is 149 Å². The molecule has 0 bridgehead atoms. The first kappa shape index (κ1) is 58.9. The van der Waals surface area contributed by atoms with E-state index in [4.69, 9.17) is 9.47 Å². The van der Waals surface area contributed by atoms with Crippen LogP contribution in [0.15, 0.2) is 60.8 Å². The van der Waals surface area contributed by atoms with Gasteiger partial charge in [-0.2, -0.15) is 0 Å². The van der Waals surface area contributed by atoms with Crippen molar-refractivity contribution < 1.29 is 39.8 Å². The van der Waals surface area contributed by atoms with Crippen LogP contribution in [-0.4, -0.2) is 87.5 Å². The maximum Gasteiger partial charge on any atom is 0.220 e. The van der Waals surface area contributed by atoms with Crippen LogP contribution in [0.1, 0.15) is 219 Å². The molecule has 0 aromatic rings. The highest BCUT2D eigenvalue weighted by Gasteiger charge is 2.44. The van der Waals surface area contributed by atoms with E-state index in [0.717, 1.165) is 64.2 Å². The van der Waals surface area contributed by atoms with E-state index in [1.54, 1.807) is 6.08 Å². The number of aliphatic hydroxyl groups is 5. The normalized spacial score (nSPS) is 20.7. The fourth-order valence-electron chi connectivity index (χ4n) is 7.88. The Bertz CT molecular complexity index is 1170. The summed E-state index contributed by atoms with van der Waals surface area (Å²) in [6.45, 7) is 3.73. The Kier molecular flexibility index (Phi) is 40.9. The average Bonchev–Trinajstić information content (AvgIpc) is 3.28. The fourth-order valence-corrected chi connectivity index (χ4v) is 7.88. The first-order chi connectivity index (χ1) is 30.8. The second-order valence-corrected chi connectivity index (χ2v) is 18.0. The van der Waals surface area contributed by atoms with Crippen LogP contribution >= 0.6 is 0 Å². The minimum Gasteiger partial charge on any atom is -0.394 e. The lowest BCUT2D eigenvalue weighted by Gasteiger charge is -2.40.